The smallest absolute Gasteiger partial charge is 0.0645 e. The molecule has 0 amide bonds. The third kappa shape index (κ3) is 3.81. The van der Waals surface area contributed by atoms with Crippen molar-refractivity contribution in [1.29, 1.82) is 0 Å². The first-order chi connectivity index (χ1) is 9.92. The second kappa shape index (κ2) is 7.20. The maximum absolute atomic E-state index is 4.24. The zero-order chi connectivity index (χ0) is 13.6. The minimum atomic E-state index is 0.775. The van der Waals surface area contributed by atoms with E-state index >= 15 is 0 Å². The lowest BCUT2D eigenvalue weighted by Crippen LogP contribution is -2.28. The highest BCUT2D eigenvalue weighted by Gasteiger charge is 2.13. The topological polar surface area (TPSA) is 29.9 Å². The van der Waals surface area contributed by atoms with Crippen molar-refractivity contribution in [2.24, 2.45) is 0 Å². The Morgan fingerprint density at radius 3 is 2.85 bits per heavy atom. The van der Waals surface area contributed by atoms with Gasteiger partial charge in [0, 0.05) is 48.0 Å². The number of aromatic nitrogens is 2. The maximum Gasteiger partial charge on any atom is 0.0645 e. The molecule has 1 unspecified atom stereocenters. The summed E-state index contributed by atoms with van der Waals surface area (Å²) < 4.78 is 1.88. The molecule has 1 aromatic carbocycles. The van der Waals surface area contributed by atoms with Gasteiger partial charge in [0.2, 0.25) is 0 Å². The molecule has 2 aromatic rings. The summed E-state index contributed by atoms with van der Waals surface area (Å²) in [6, 6.07) is 10.5. The normalized spacial score (nSPS) is 19.1. The van der Waals surface area contributed by atoms with E-state index in [1.165, 1.54) is 22.8 Å². The van der Waals surface area contributed by atoms with Gasteiger partial charge in [-0.3, -0.25) is 0 Å². The van der Waals surface area contributed by atoms with Crippen LogP contribution in [0, 0.1) is 0 Å². The number of hydrogen-bond donors (Lipinski definition) is 1. The van der Waals surface area contributed by atoms with Gasteiger partial charge in [-0.2, -0.15) is 28.6 Å². The minimum absolute atomic E-state index is 0.775. The first-order valence-corrected chi connectivity index (χ1v) is 9.11. The fourth-order valence-electron chi connectivity index (χ4n) is 2.22. The lowest BCUT2D eigenvalue weighted by Gasteiger charge is -2.21. The average Bonchev–Trinajstić information content (AvgIpc) is 3.03. The summed E-state index contributed by atoms with van der Waals surface area (Å²) in [6.45, 7) is 2.06. The number of rotatable bonds is 5. The van der Waals surface area contributed by atoms with Crippen molar-refractivity contribution < 1.29 is 0 Å². The van der Waals surface area contributed by atoms with Crippen molar-refractivity contribution >= 4 is 23.5 Å². The monoisotopic (exact) mass is 305 g/mol. The predicted octanol–water partition coefficient (Wildman–Crippen LogP) is 2.81. The van der Waals surface area contributed by atoms with Crippen LogP contribution in [0.1, 0.15) is 5.56 Å². The number of hydrogen-bond acceptors (Lipinski definition) is 4. The standard InChI is InChI=1S/C15H19N3S2/c1-6-17-18(7-1)14-4-2-13(3-5-14)10-16-11-15-12-19-8-9-20-15/h1-7,15-16H,8-12H2. The second-order valence-corrected chi connectivity index (χ2v) is 7.37. The molecule has 1 atom stereocenters. The number of nitrogens with zero attached hydrogens (tertiary/aromatic N) is 2. The van der Waals surface area contributed by atoms with Gasteiger partial charge < -0.3 is 5.32 Å². The van der Waals surface area contributed by atoms with Crippen molar-refractivity contribution in [3.8, 4) is 5.69 Å². The van der Waals surface area contributed by atoms with Crippen molar-refractivity contribution in [2.75, 3.05) is 23.8 Å². The van der Waals surface area contributed by atoms with E-state index in [1.54, 1.807) is 6.20 Å². The molecule has 3 nitrogen and oxygen atoms in total. The molecule has 1 fully saturated rings. The van der Waals surface area contributed by atoms with Crippen LogP contribution in [-0.2, 0) is 6.54 Å². The van der Waals surface area contributed by atoms with Crippen LogP contribution in [0.15, 0.2) is 42.7 Å². The van der Waals surface area contributed by atoms with E-state index in [0.29, 0.717) is 0 Å². The molecule has 0 spiro atoms. The molecular formula is C15H19N3S2. The third-order valence-electron chi connectivity index (χ3n) is 3.29. The van der Waals surface area contributed by atoms with Gasteiger partial charge in [-0.1, -0.05) is 12.1 Å². The predicted molar refractivity (Wildman–Crippen MR) is 88.8 cm³/mol. The third-order valence-corrected chi connectivity index (χ3v) is 6.14. The Labute approximate surface area is 128 Å². The fourth-order valence-corrected chi connectivity index (χ4v) is 4.87. The van der Waals surface area contributed by atoms with Gasteiger partial charge in [-0.05, 0) is 23.8 Å². The SMILES string of the molecule is c1cnn(-c2ccc(CNCC3CSCCS3)cc2)c1. The summed E-state index contributed by atoms with van der Waals surface area (Å²) in [4.78, 5) is 0. The Balaban J connectivity index is 1.48. The van der Waals surface area contributed by atoms with Gasteiger partial charge in [0.1, 0.15) is 0 Å². The average molecular weight is 305 g/mol. The van der Waals surface area contributed by atoms with Crippen LogP contribution < -0.4 is 5.32 Å². The van der Waals surface area contributed by atoms with Crippen molar-refractivity contribution in [3.63, 3.8) is 0 Å². The zero-order valence-corrected chi connectivity index (χ0v) is 13.0. The van der Waals surface area contributed by atoms with Crippen LogP contribution in [-0.4, -0.2) is 38.8 Å². The number of benzene rings is 1. The van der Waals surface area contributed by atoms with Gasteiger partial charge in [0.05, 0.1) is 5.69 Å². The van der Waals surface area contributed by atoms with E-state index in [4.69, 9.17) is 0 Å². The first kappa shape index (κ1) is 14.0. The quantitative estimate of drug-likeness (QED) is 0.920. The van der Waals surface area contributed by atoms with Crippen LogP contribution in [0.5, 0.6) is 0 Å². The Morgan fingerprint density at radius 2 is 2.15 bits per heavy atom. The molecule has 5 heteroatoms. The van der Waals surface area contributed by atoms with Crippen molar-refractivity contribution in [1.82, 2.24) is 15.1 Å². The van der Waals surface area contributed by atoms with Crippen LogP contribution >= 0.6 is 23.5 Å². The van der Waals surface area contributed by atoms with Gasteiger partial charge >= 0.3 is 0 Å². The summed E-state index contributed by atoms with van der Waals surface area (Å²) >= 11 is 4.18. The van der Waals surface area contributed by atoms with E-state index in [-0.39, 0.29) is 0 Å². The van der Waals surface area contributed by atoms with Gasteiger partial charge in [-0.25, -0.2) is 4.68 Å². The van der Waals surface area contributed by atoms with E-state index in [0.717, 1.165) is 24.0 Å². The molecule has 0 radical (unpaired) electrons. The first-order valence-electron chi connectivity index (χ1n) is 6.91. The molecule has 1 aliphatic rings. The largest absolute Gasteiger partial charge is 0.312 e. The molecule has 1 N–H and O–H groups in total. The molecule has 0 bridgehead atoms. The summed E-state index contributed by atoms with van der Waals surface area (Å²) in [6.07, 6.45) is 3.76. The second-order valence-electron chi connectivity index (χ2n) is 4.82. The molecular weight excluding hydrogens is 286 g/mol. The van der Waals surface area contributed by atoms with Crippen molar-refractivity contribution in [2.45, 2.75) is 11.8 Å². The lowest BCUT2D eigenvalue weighted by atomic mass is 10.2. The van der Waals surface area contributed by atoms with Crippen molar-refractivity contribution in [3.05, 3.63) is 48.3 Å². The molecule has 0 saturated carbocycles. The van der Waals surface area contributed by atoms with E-state index < -0.39 is 0 Å². The number of nitrogens with one attached hydrogen (secondary N) is 1. The molecule has 1 aliphatic heterocycles. The molecule has 0 aliphatic carbocycles. The maximum atomic E-state index is 4.24. The zero-order valence-electron chi connectivity index (χ0n) is 11.4. The Hall–Kier alpha value is -0.910. The Kier molecular flexibility index (Phi) is 5.06. The Bertz CT molecular complexity index is 504. The van der Waals surface area contributed by atoms with Gasteiger partial charge in [0.15, 0.2) is 0 Å². The molecule has 20 heavy (non-hydrogen) atoms. The van der Waals surface area contributed by atoms with Crippen LogP contribution in [0.2, 0.25) is 0 Å². The van der Waals surface area contributed by atoms with Gasteiger partial charge in [-0.15, -0.1) is 0 Å². The van der Waals surface area contributed by atoms with E-state index in [1.807, 2.05) is 16.9 Å². The highest BCUT2D eigenvalue weighted by atomic mass is 32.2. The summed E-state index contributed by atoms with van der Waals surface area (Å²) in [5.41, 5.74) is 2.44. The minimum Gasteiger partial charge on any atom is -0.312 e. The molecule has 1 aromatic heterocycles. The highest BCUT2D eigenvalue weighted by Crippen LogP contribution is 2.23. The summed E-state index contributed by atoms with van der Waals surface area (Å²) in [7, 11) is 0. The Morgan fingerprint density at radius 1 is 1.25 bits per heavy atom. The fraction of sp³-hybridized carbons (Fsp3) is 0.400. The van der Waals surface area contributed by atoms with E-state index in [2.05, 4.69) is 58.2 Å². The molecule has 106 valence electrons. The highest BCUT2D eigenvalue weighted by molar-refractivity contribution is 8.06. The summed E-state index contributed by atoms with van der Waals surface area (Å²) in [5, 5.41) is 8.58. The van der Waals surface area contributed by atoms with Crippen LogP contribution in [0.4, 0.5) is 0 Å². The lowest BCUT2D eigenvalue weighted by molar-refractivity contribution is 0.686. The molecule has 3 rings (SSSR count). The summed E-state index contributed by atoms with van der Waals surface area (Å²) in [5.74, 6) is 3.90. The molecule has 1 saturated heterocycles. The number of thioether (sulfide) groups is 2. The van der Waals surface area contributed by atoms with Gasteiger partial charge in [0.25, 0.3) is 0 Å². The van der Waals surface area contributed by atoms with Crippen LogP contribution in [0.25, 0.3) is 5.69 Å². The molecule has 2 heterocycles. The van der Waals surface area contributed by atoms with Crippen LogP contribution in [0.3, 0.4) is 0 Å². The van der Waals surface area contributed by atoms with E-state index in [9.17, 15) is 0 Å².